The van der Waals surface area contributed by atoms with E-state index in [0.29, 0.717) is 29.4 Å². The number of aryl methyl sites for hydroxylation is 1. The van der Waals surface area contributed by atoms with Crippen molar-refractivity contribution in [2.24, 2.45) is 0 Å². The normalized spacial score (nSPS) is 13.4. The van der Waals surface area contributed by atoms with Crippen LogP contribution in [-0.4, -0.2) is 44.7 Å². The Kier molecular flexibility index (Phi) is 10.7. The zero-order valence-corrected chi connectivity index (χ0v) is 27.3. The Balaban J connectivity index is 2.01. The Morgan fingerprint density at radius 3 is 2.12 bits per heavy atom. The van der Waals surface area contributed by atoms with Gasteiger partial charge in [0.15, 0.2) is 31.3 Å². The molecule has 0 saturated carbocycles. The van der Waals surface area contributed by atoms with Crippen molar-refractivity contribution in [1.29, 1.82) is 0 Å². The summed E-state index contributed by atoms with van der Waals surface area (Å²) in [5.41, 5.74) is 4.10. The predicted molar refractivity (Wildman–Crippen MR) is 168 cm³/mol. The number of phenolic OH excluding ortho intramolecular Hbond substituents is 1. The average Bonchev–Trinajstić information content (AvgIpc) is 2.94. The van der Waals surface area contributed by atoms with Crippen molar-refractivity contribution in [2.45, 2.75) is 84.3 Å². The Bertz CT molecular complexity index is 1370. The summed E-state index contributed by atoms with van der Waals surface area (Å²) in [6.45, 7) is 14.6. The van der Waals surface area contributed by atoms with Crippen molar-refractivity contribution >= 4 is 8.32 Å². The summed E-state index contributed by atoms with van der Waals surface area (Å²) < 4.78 is 23.7. The molecule has 0 spiro atoms. The van der Waals surface area contributed by atoms with Gasteiger partial charge >= 0.3 is 0 Å². The molecule has 2 atom stereocenters. The first kappa shape index (κ1) is 32.9. The number of nitro groups is 1. The number of ether oxygens (including phenoxy) is 3. The Morgan fingerprint density at radius 2 is 1.55 bits per heavy atom. The van der Waals surface area contributed by atoms with Crippen molar-refractivity contribution in [1.82, 2.24) is 0 Å². The maximum atomic E-state index is 12.7. The van der Waals surface area contributed by atoms with E-state index in [0.717, 1.165) is 22.3 Å². The fraction of sp³-hybridized carbons (Fsp3) is 0.455. The van der Waals surface area contributed by atoms with Crippen LogP contribution in [-0.2, 0) is 23.9 Å². The van der Waals surface area contributed by atoms with Crippen LogP contribution in [0, 0.1) is 24.0 Å². The number of hydrogen-bond acceptors (Lipinski definition) is 7. The van der Waals surface area contributed by atoms with E-state index in [1.807, 2.05) is 56.3 Å². The fourth-order valence-electron chi connectivity index (χ4n) is 4.74. The molecule has 8 nitrogen and oxygen atoms in total. The molecule has 3 aromatic carbocycles. The summed E-state index contributed by atoms with van der Waals surface area (Å²) in [5, 5.41) is 23.3. The molecule has 1 N–H and O–H groups in total. The van der Waals surface area contributed by atoms with Gasteiger partial charge in [-0.2, -0.15) is 0 Å². The van der Waals surface area contributed by atoms with Crippen molar-refractivity contribution in [3.05, 3.63) is 92.5 Å². The van der Waals surface area contributed by atoms with E-state index in [-0.39, 0.29) is 28.6 Å². The SMILES string of the molecule is COc1ccc(C[C@@H]([C@@H](Cc2c(C)cc(OC)c(O)c2C)O[Si](C)(C)C(C)(C)C)[N+](=O)[O-])cc1OCc1ccccc1. The quantitative estimate of drug-likeness (QED) is 0.125. The number of hydrogen-bond donors (Lipinski definition) is 1. The molecule has 3 aromatic rings. The van der Waals surface area contributed by atoms with Gasteiger partial charge in [-0.25, -0.2) is 0 Å². The van der Waals surface area contributed by atoms with Crippen LogP contribution in [0.25, 0.3) is 0 Å². The second-order valence-electron chi connectivity index (χ2n) is 12.3. The van der Waals surface area contributed by atoms with Crippen LogP contribution in [0.4, 0.5) is 0 Å². The number of methoxy groups -OCH3 is 2. The molecule has 0 saturated heterocycles. The minimum Gasteiger partial charge on any atom is -0.504 e. The van der Waals surface area contributed by atoms with Gasteiger partial charge in [-0.15, -0.1) is 0 Å². The number of aromatic hydroxyl groups is 1. The van der Waals surface area contributed by atoms with E-state index in [1.54, 1.807) is 19.2 Å². The van der Waals surface area contributed by atoms with Gasteiger partial charge in [0.1, 0.15) is 12.7 Å². The minimum atomic E-state index is -2.43. The zero-order chi connectivity index (χ0) is 31.2. The van der Waals surface area contributed by atoms with E-state index < -0.39 is 20.5 Å². The van der Waals surface area contributed by atoms with Crippen LogP contribution >= 0.6 is 0 Å². The largest absolute Gasteiger partial charge is 0.504 e. The van der Waals surface area contributed by atoms with Gasteiger partial charge in [0, 0.05) is 17.8 Å². The van der Waals surface area contributed by atoms with E-state index >= 15 is 0 Å². The molecule has 0 unspecified atom stereocenters. The molecule has 0 heterocycles. The molecule has 228 valence electrons. The molecule has 0 fully saturated rings. The number of nitrogens with zero attached hydrogens (tertiary/aromatic N) is 1. The topological polar surface area (TPSA) is 100 Å². The number of rotatable bonds is 13. The maximum Gasteiger partial charge on any atom is 0.241 e. The zero-order valence-electron chi connectivity index (χ0n) is 26.3. The van der Waals surface area contributed by atoms with Crippen LogP contribution in [0.5, 0.6) is 23.0 Å². The monoisotopic (exact) mass is 595 g/mol. The molecular formula is C33H45NO7Si. The van der Waals surface area contributed by atoms with Gasteiger partial charge in [-0.05, 0) is 78.0 Å². The summed E-state index contributed by atoms with van der Waals surface area (Å²) in [6, 6.07) is 15.9. The molecule has 9 heteroatoms. The highest BCUT2D eigenvalue weighted by atomic mass is 28.4. The second-order valence-corrected chi connectivity index (χ2v) is 17.0. The molecule has 0 aliphatic heterocycles. The summed E-state index contributed by atoms with van der Waals surface area (Å²) in [7, 11) is 0.652. The Hall–Kier alpha value is -3.56. The molecule has 42 heavy (non-hydrogen) atoms. The fourth-order valence-corrected chi connectivity index (χ4v) is 6.09. The van der Waals surface area contributed by atoms with Gasteiger partial charge < -0.3 is 23.7 Å². The van der Waals surface area contributed by atoms with Crippen LogP contribution < -0.4 is 14.2 Å². The predicted octanol–water partition coefficient (Wildman–Crippen LogP) is 7.43. The van der Waals surface area contributed by atoms with E-state index in [9.17, 15) is 15.2 Å². The highest BCUT2D eigenvalue weighted by Gasteiger charge is 2.44. The summed E-state index contributed by atoms with van der Waals surface area (Å²) in [6.07, 6.45) is -0.319. The van der Waals surface area contributed by atoms with Gasteiger partial charge in [-0.3, -0.25) is 10.1 Å². The van der Waals surface area contributed by atoms with Crippen LogP contribution in [0.1, 0.15) is 48.6 Å². The summed E-state index contributed by atoms with van der Waals surface area (Å²) >= 11 is 0. The third-order valence-electron chi connectivity index (χ3n) is 8.35. The molecule has 0 aliphatic carbocycles. The minimum absolute atomic E-state index is 0.0391. The highest BCUT2D eigenvalue weighted by molar-refractivity contribution is 6.74. The van der Waals surface area contributed by atoms with E-state index in [1.165, 1.54) is 7.11 Å². The molecule has 0 aromatic heterocycles. The maximum absolute atomic E-state index is 12.7. The molecule has 0 aliphatic rings. The van der Waals surface area contributed by atoms with Gasteiger partial charge in [0.2, 0.25) is 6.04 Å². The van der Waals surface area contributed by atoms with E-state index in [4.69, 9.17) is 18.6 Å². The van der Waals surface area contributed by atoms with Crippen LogP contribution in [0.2, 0.25) is 18.1 Å². The van der Waals surface area contributed by atoms with Crippen LogP contribution in [0.3, 0.4) is 0 Å². The lowest BCUT2D eigenvalue weighted by Crippen LogP contribution is -2.50. The third-order valence-corrected chi connectivity index (χ3v) is 12.9. The first-order chi connectivity index (χ1) is 19.7. The number of benzene rings is 3. The standard InChI is InChI=1S/C33H45NO7Si/c1-22-17-31(39-7)32(35)23(2)26(22)20-29(41-42(8,9)33(3,4)5)27(34(36)37)18-25-15-16-28(38-6)30(19-25)40-21-24-13-11-10-12-14-24/h10-17,19,27,29,35H,18,20-21H2,1-9H3/t27-,29+/m0/s1. The van der Waals surface area contributed by atoms with Crippen molar-refractivity contribution in [3.8, 4) is 23.0 Å². The Labute approximate surface area is 250 Å². The van der Waals surface area contributed by atoms with Gasteiger partial charge in [0.25, 0.3) is 0 Å². The smallest absolute Gasteiger partial charge is 0.241 e. The summed E-state index contributed by atoms with van der Waals surface area (Å²) in [5.74, 6) is 1.50. The highest BCUT2D eigenvalue weighted by Crippen LogP contribution is 2.40. The summed E-state index contributed by atoms with van der Waals surface area (Å²) in [4.78, 5) is 12.5. The third kappa shape index (κ3) is 7.83. The Morgan fingerprint density at radius 1 is 0.905 bits per heavy atom. The molecule has 0 amide bonds. The van der Waals surface area contributed by atoms with Crippen molar-refractivity contribution in [2.75, 3.05) is 14.2 Å². The van der Waals surface area contributed by atoms with E-state index in [2.05, 4.69) is 33.9 Å². The lowest BCUT2D eigenvalue weighted by molar-refractivity contribution is -0.532. The molecule has 0 radical (unpaired) electrons. The lowest BCUT2D eigenvalue weighted by atomic mass is 9.91. The lowest BCUT2D eigenvalue weighted by Gasteiger charge is -2.40. The van der Waals surface area contributed by atoms with Crippen molar-refractivity contribution in [3.63, 3.8) is 0 Å². The van der Waals surface area contributed by atoms with Gasteiger partial charge in [0.05, 0.1) is 14.2 Å². The average molecular weight is 596 g/mol. The molecule has 3 rings (SSSR count). The first-order valence-electron chi connectivity index (χ1n) is 14.2. The van der Waals surface area contributed by atoms with Crippen LogP contribution in [0.15, 0.2) is 54.6 Å². The second kappa shape index (κ2) is 13.6. The number of phenols is 1. The molecular weight excluding hydrogens is 550 g/mol. The van der Waals surface area contributed by atoms with Crippen molar-refractivity contribution < 1.29 is 28.7 Å². The molecule has 0 bridgehead atoms. The van der Waals surface area contributed by atoms with Gasteiger partial charge in [-0.1, -0.05) is 57.2 Å². The first-order valence-corrected chi connectivity index (χ1v) is 17.1.